The van der Waals surface area contributed by atoms with Crippen LogP contribution in [0, 0.1) is 0 Å². The molecule has 94 valence electrons. The quantitative estimate of drug-likeness (QED) is 0.680. The molecule has 1 aliphatic heterocycles. The first-order valence-electron chi connectivity index (χ1n) is 5.51. The number of hydrogen-bond donors (Lipinski definition) is 3. The highest BCUT2D eigenvalue weighted by atomic mass is 32.2. The largest absolute Gasteiger partial charge is 0.392 e. The molecule has 1 aliphatic rings. The van der Waals surface area contributed by atoms with Gasteiger partial charge in [-0.2, -0.15) is 0 Å². The molecule has 0 spiro atoms. The predicted molar refractivity (Wildman–Crippen MR) is 64.8 cm³/mol. The molecule has 3 N–H and O–H groups in total. The molecule has 0 radical (unpaired) electrons. The Morgan fingerprint density at radius 2 is 2.06 bits per heavy atom. The number of benzene rings is 1. The number of aliphatic hydroxyl groups excluding tert-OH is 3. The first-order chi connectivity index (χ1) is 8.22. The topological polar surface area (TPSA) is 69.9 Å². The molecule has 0 amide bonds. The average Bonchev–Trinajstić information content (AvgIpc) is 2.68. The molecular formula is C12H16O4S. The molecule has 17 heavy (non-hydrogen) atoms. The lowest BCUT2D eigenvalue weighted by Crippen LogP contribution is -2.31. The van der Waals surface area contributed by atoms with Crippen LogP contribution in [0.5, 0.6) is 0 Å². The summed E-state index contributed by atoms with van der Waals surface area (Å²) in [6, 6.07) is 7.57. The van der Waals surface area contributed by atoms with Gasteiger partial charge in [0.1, 0.15) is 12.2 Å². The van der Waals surface area contributed by atoms with Crippen molar-refractivity contribution in [3.05, 3.63) is 29.8 Å². The molecule has 5 heteroatoms. The Kier molecular flexibility index (Phi) is 4.42. The van der Waals surface area contributed by atoms with Crippen molar-refractivity contribution in [3.8, 4) is 0 Å². The summed E-state index contributed by atoms with van der Waals surface area (Å²) >= 11 is 1.52. The van der Waals surface area contributed by atoms with Crippen molar-refractivity contribution >= 4 is 11.8 Å². The Labute approximate surface area is 104 Å². The minimum atomic E-state index is -0.816. The van der Waals surface area contributed by atoms with Gasteiger partial charge in [-0.1, -0.05) is 18.2 Å². The lowest BCUT2D eigenvalue weighted by molar-refractivity contribution is 0.0337. The summed E-state index contributed by atoms with van der Waals surface area (Å²) in [5.74, 6) is 0.565. The van der Waals surface area contributed by atoms with E-state index in [1.165, 1.54) is 11.8 Å². The van der Waals surface area contributed by atoms with E-state index >= 15 is 0 Å². The monoisotopic (exact) mass is 256 g/mol. The summed E-state index contributed by atoms with van der Waals surface area (Å²) < 4.78 is 5.29. The molecule has 4 nitrogen and oxygen atoms in total. The Morgan fingerprint density at radius 1 is 1.29 bits per heavy atom. The fourth-order valence-electron chi connectivity index (χ4n) is 1.76. The van der Waals surface area contributed by atoms with E-state index in [1.54, 1.807) is 0 Å². The third-order valence-corrected chi connectivity index (χ3v) is 4.01. The maximum atomic E-state index is 9.62. The predicted octanol–water partition coefficient (Wildman–Crippen LogP) is 0.392. The minimum absolute atomic E-state index is 0.000123. The van der Waals surface area contributed by atoms with Gasteiger partial charge in [0.25, 0.3) is 0 Å². The first kappa shape index (κ1) is 12.9. The second kappa shape index (κ2) is 5.84. The van der Waals surface area contributed by atoms with Crippen molar-refractivity contribution in [1.29, 1.82) is 0 Å². The van der Waals surface area contributed by atoms with Gasteiger partial charge in [-0.05, 0) is 11.6 Å². The van der Waals surface area contributed by atoms with Crippen molar-refractivity contribution in [3.63, 3.8) is 0 Å². The second-order valence-electron chi connectivity index (χ2n) is 4.01. The lowest BCUT2D eigenvalue weighted by atomic mass is 10.2. The van der Waals surface area contributed by atoms with Crippen LogP contribution in [0.25, 0.3) is 0 Å². The number of ether oxygens (including phenoxy) is 1. The maximum Gasteiger partial charge on any atom is 0.109 e. The summed E-state index contributed by atoms with van der Waals surface area (Å²) in [6.45, 7) is 0.188. The average molecular weight is 256 g/mol. The molecule has 0 saturated carbocycles. The van der Waals surface area contributed by atoms with E-state index in [-0.39, 0.29) is 19.3 Å². The highest BCUT2D eigenvalue weighted by Gasteiger charge is 2.34. The molecule has 1 saturated heterocycles. The van der Waals surface area contributed by atoms with Gasteiger partial charge in [-0.15, -0.1) is 11.8 Å². The zero-order chi connectivity index (χ0) is 12.3. The van der Waals surface area contributed by atoms with Crippen LogP contribution in [0.15, 0.2) is 29.2 Å². The summed E-state index contributed by atoms with van der Waals surface area (Å²) in [4.78, 5) is 0.979. The molecule has 0 aromatic heterocycles. The van der Waals surface area contributed by atoms with Crippen LogP contribution in [0.1, 0.15) is 5.56 Å². The smallest absolute Gasteiger partial charge is 0.109 e. The fraction of sp³-hybridized carbons (Fsp3) is 0.500. The van der Waals surface area contributed by atoms with Crippen LogP contribution in [0.4, 0.5) is 0 Å². The Hall–Kier alpha value is -0.590. The number of hydrogen-bond acceptors (Lipinski definition) is 5. The van der Waals surface area contributed by atoms with Gasteiger partial charge < -0.3 is 20.1 Å². The van der Waals surface area contributed by atoms with Crippen LogP contribution >= 0.6 is 11.8 Å². The van der Waals surface area contributed by atoms with Gasteiger partial charge in [0.2, 0.25) is 0 Å². The van der Waals surface area contributed by atoms with Gasteiger partial charge in [0.05, 0.1) is 19.3 Å². The SMILES string of the molecule is OCc1ccccc1SCC1OCC(O)C1O. The highest BCUT2D eigenvalue weighted by molar-refractivity contribution is 7.99. The summed E-state index contributed by atoms with van der Waals surface area (Å²) in [5, 5.41) is 28.1. The van der Waals surface area contributed by atoms with E-state index in [4.69, 9.17) is 4.74 Å². The third-order valence-electron chi connectivity index (χ3n) is 2.80. The molecule has 2 rings (SSSR count). The van der Waals surface area contributed by atoms with E-state index in [2.05, 4.69) is 0 Å². The summed E-state index contributed by atoms with van der Waals surface area (Å²) in [6.07, 6.45) is -1.95. The van der Waals surface area contributed by atoms with Crippen molar-refractivity contribution in [2.75, 3.05) is 12.4 Å². The molecular weight excluding hydrogens is 240 g/mol. The maximum absolute atomic E-state index is 9.62. The van der Waals surface area contributed by atoms with Crippen molar-refractivity contribution in [1.82, 2.24) is 0 Å². The number of rotatable bonds is 4. The molecule has 1 aromatic carbocycles. The zero-order valence-electron chi connectivity index (χ0n) is 9.32. The van der Waals surface area contributed by atoms with E-state index in [0.29, 0.717) is 5.75 Å². The number of thioether (sulfide) groups is 1. The second-order valence-corrected chi connectivity index (χ2v) is 5.07. The van der Waals surface area contributed by atoms with Gasteiger partial charge in [0.15, 0.2) is 0 Å². The standard InChI is InChI=1S/C12H16O4S/c13-5-8-3-1-2-4-11(8)17-7-10-12(15)9(14)6-16-10/h1-4,9-10,12-15H,5-7H2. The van der Waals surface area contributed by atoms with Gasteiger partial charge in [-0.3, -0.25) is 0 Å². The van der Waals surface area contributed by atoms with E-state index < -0.39 is 12.2 Å². The highest BCUT2D eigenvalue weighted by Crippen LogP contribution is 2.27. The Morgan fingerprint density at radius 3 is 2.71 bits per heavy atom. The van der Waals surface area contributed by atoms with Gasteiger partial charge in [-0.25, -0.2) is 0 Å². The van der Waals surface area contributed by atoms with Crippen LogP contribution in [-0.2, 0) is 11.3 Å². The van der Waals surface area contributed by atoms with Crippen LogP contribution in [0.3, 0.4) is 0 Å². The van der Waals surface area contributed by atoms with E-state index in [9.17, 15) is 15.3 Å². The number of aliphatic hydroxyl groups is 3. The first-order valence-corrected chi connectivity index (χ1v) is 6.50. The Bertz CT molecular complexity index is 371. The van der Waals surface area contributed by atoms with E-state index in [0.717, 1.165) is 10.5 Å². The van der Waals surface area contributed by atoms with Crippen LogP contribution < -0.4 is 0 Å². The van der Waals surface area contributed by atoms with Gasteiger partial charge >= 0.3 is 0 Å². The lowest BCUT2D eigenvalue weighted by Gasteiger charge is -2.15. The summed E-state index contributed by atoms with van der Waals surface area (Å²) in [7, 11) is 0. The zero-order valence-corrected chi connectivity index (χ0v) is 10.1. The molecule has 0 bridgehead atoms. The minimum Gasteiger partial charge on any atom is -0.392 e. The van der Waals surface area contributed by atoms with Crippen LogP contribution in [0.2, 0.25) is 0 Å². The van der Waals surface area contributed by atoms with Crippen molar-refractivity contribution in [2.45, 2.75) is 29.8 Å². The molecule has 1 aromatic rings. The normalized spacial score (nSPS) is 28.5. The van der Waals surface area contributed by atoms with Crippen molar-refractivity contribution in [2.24, 2.45) is 0 Å². The molecule has 1 heterocycles. The molecule has 3 unspecified atom stereocenters. The summed E-state index contributed by atoms with van der Waals surface area (Å²) in [5.41, 5.74) is 0.866. The third kappa shape index (κ3) is 3.00. The van der Waals surface area contributed by atoms with Crippen molar-refractivity contribution < 1.29 is 20.1 Å². The van der Waals surface area contributed by atoms with Crippen LogP contribution in [-0.4, -0.2) is 46.0 Å². The molecule has 3 atom stereocenters. The Balaban J connectivity index is 1.94. The molecule has 1 fully saturated rings. The van der Waals surface area contributed by atoms with Gasteiger partial charge in [0, 0.05) is 10.6 Å². The van der Waals surface area contributed by atoms with E-state index in [1.807, 2.05) is 24.3 Å². The fourth-order valence-corrected chi connectivity index (χ4v) is 2.89. The molecule has 0 aliphatic carbocycles.